The molecule has 0 bridgehead atoms. The zero-order valence-corrected chi connectivity index (χ0v) is 16.0. The van der Waals surface area contributed by atoms with Gasteiger partial charge in [0, 0.05) is 38.1 Å². The molecular formula is C20H34N4O2. The Kier molecular flexibility index (Phi) is 5.50. The van der Waals surface area contributed by atoms with Gasteiger partial charge in [-0.05, 0) is 50.6 Å². The Hall–Kier alpha value is -1.14. The van der Waals surface area contributed by atoms with Gasteiger partial charge in [0.2, 0.25) is 11.8 Å². The van der Waals surface area contributed by atoms with E-state index in [9.17, 15) is 9.59 Å². The van der Waals surface area contributed by atoms with Crippen molar-refractivity contribution in [2.45, 2.75) is 57.4 Å². The van der Waals surface area contributed by atoms with E-state index in [2.05, 4.69) is 20.4 Å². The summed E-state index contributed by atoms with van der Waals surface area (Å²) in [6.07, 6.45) is 9.46. The summed E-state index contributed by atoms with van der Waals surface area (Å²) in [6.45, 7) is 5.82. The van der Waals surface area contributed by atoms with Crippen LogP contribution in [0, 0.1) is 11.3 Å². The Labute approximate surface area is 157 Å². The summed E-state index contributed by atoms with van der Waals surface area (Å²) in [5.41, 5.74) is 0.319. The Bertz CT molecular complexity index is 518. The van der Waals surface area contributed by atoms with Crippen molar-refractivity contribution in [2.75, 3.05) is 45.8 Å². The number of piperidine rings is 1. The fourth-order valence-corrected chi connectivity index (χ4v) is 5.24. The zero-order valence-electron chi connectivity index (χ0n) is 16.0. The van der Waals surface area contributed by atoms with Gasteiger partial charge in [0.25, 0.3) is 0 Å². The molecule has 6 nitrogen and oxygen atoms in total. The van der Waals surface area contributed by atoms with Crippen LogP contribution in [0.1, 0.15) is 51.4 Å². The molecule has 26 heavy (non-hydrogen) atoms. The van der Waals surface area contributed by atoms with Crippen LogP contribution in [-0.2, 0) is 9.59 Å². The molecule has 6 heteroatoms. The number of carbonyl (C=O) groups is 2. The smallest absolute Gasteiger partial charge is 0.234 e. The lowest BCUT2D eigenvalue weighted by molar-refractivity contribution is -0.135. The van der Waals surface area contributed by atoms with Crippen molar-refractivity contribution >= 4 is 11.8 Å². The van der Waals surface area contributed by atoms with Crippen molar-refractivity contribution in [3.8, 4) is 0 Å². The molecule has 2 saturated heterocycles. The summed E-state index contributed by atoms with van der Waals surface area (Å²) < 4.78 is 0. The average molecular weight is 363 g/mol. The Balaban J connectivity index is 1.18. The van der Waals surface area contributed by atoms with Crippen LogP contribution in [0.5, 0.6) is 0 Å². The van der Waals surface area contributed by atoms with Crippen LogP contribution in [-0.4, -0.2) is 73.5 Å². The van der Waals surface area contributed by atoms with Gasteiger partial charge in [-0.3, -0.25) is 14.5 Å². The monoisotopic (exact) mass is 362 g/mol. The lowest BCUT2D eigenvalue weighted by Gasteiger charge is -2.35. The summed E-state index contributed by atoms with van der Waals surface area (Å²) in [4.78, 5) is 29.4. The molecular weight excluding hydrogens is 328 g/mol. The second kappa shape index (κ2) is 7.85. The van der Waals surface area contributed by atoms with Gasteiger partial charge in [-0.15, -0.1) is 0 Å². The zero-order chi connectivity index (χ0) is 18.0. The van der Waals surface area contributed by atoms with Crippen molar-refractivity contribution in [1.29, 1.82) is 0 Å². The molecule has 2 saturated carbocycles. The molecule has 0 aromatic rings. The number of hydrogen-bond acceptors (Lipinski definition) is 4. The SMILES string of the molecule is O=C(CN1CCN(C(=O)C2CC23CCNCC3)CC1)NC1CCCCC1. The molecule has 4 aliphatic rings. The minimum absolute atomic E-state index is 0.160. The topological polar surface area (TPSA) is 64.7 Å². The van der Waals surface area contributed by atoms with Crippen molar-refractivity contribution in [3.05, 3.63) is 0 Å². The molecule has 4 fully saturated rings. The number of amides is 2. The first kappa shape index (κ1) is 18.2. The minimum Gasteiger partial charge on any atom is -0.352 e. The van der Waals surface area contributed by atoms with E-state index in [4.69, 9.17) is 0 Å². The van der Waals surface area contributed by atoms with Crippen molar-refractivity contribution < 1.29 is 9.59 Å². The molecule has 2 amide bonds. The molecule has 2 N–H and O–H groups in total. The quantitative estimate of drug-likeness (QED) is 0.782. The van der Waals surface area contributed by atoms with Crippen molar-refractivity contribution in [3.63, 3.8) is 0 Å². The summed E-state index contributed by atoms with van der Waals surface area (Å²) in [6, 6.07) is 0.384. The highest BCUT2D eigenvalue weighted by Gasteiger charge is 2.58. The van der Waals surface area contributed by atoms with Gasteiger partial charge in [-0.1, -0.05) is 19.3 Å². The third kappa shape index (κ3) is 4.06. The van der Waals surface area contributed by atoms with E-state index >= 15 is 0 Å². The Morgan fingerprint density at radius 1 is 1.00 bits per heavy atom. The first-order chi connectivity index (χ1) is 12.7. The van der Waals surface area contributed by atoms with Crippen LogP contribution >= 0.6 is 0 Å². The number of piperazine rings is 1. The highest BCUT2D eigenvalue weighted by Crippen LogP contribution is 2.59. The van der Waals surface area contributed by atoms with E-state index in [1.807, 2.05) is 0 Å². The number of carbonyl (C=O) groups excluding carboxylic acids is 2. The maximum Gasteiger partial charge on any atom is 0.234 e. The summed E-state index contributed by atoms with van der Waals surface area (Å²) >= 11 is 0. The third-order valence-corrected chi connectivity index (χ3v) is 7.11. The molecule has 0 radical (unpaired) electrons. The molecule has 2 heterocycles. The molecule has 2 aliphatic heterocycles. The summed E-state index contributed by atoms with van der Waals surface area (Å²) in [5, 5.41) is 6.60. The minimum atomic E-state index is 0.160. The van der Waals surface area contributed by atoms with Crippen molar-refractivity contribution in [2.24, 2.45) is 11.3 Å². The number of rotatable bonds is 4. The normalized spacial score (nSPS) is 29.5. The fraction of sp³-hybridized carbons (Fsp3) is 0.900. The number of hydrogen-bond donors (Lipinski definition) is 2. The summed E-state index contributed by atoms with van der Waals surface area (Å²) in [7, 11) is 0. The van der Waals surface area contributed by atoms with Gasteiger partial charge in [0.15, 0.2) is 0 Å². The standard InChI is InChI=1S/C20H34N4O2/c25-18(22-16-4-2-1-3-5-16)15-23-10-12-24(13-11-23)19(26)17-14-20(17)6-8-21-9-7-20/h16-17,21H,1-15H2,(H,22,25). The largest absolute Gasteiger partial charge is 0.352 e. The van der Waals surface area contributed by atoms with Crippen LogP contribution in [0.25, 0.3) is 0 Å². The van der Waals surface area contributed by atoms with E-state index in [0.717, 1.165) is 71.4 Å². The van der Waals surface area contributed by atoms with Crippen molar-refractivity contribution in [1.82, 2.24) is 20.4 Å². The molecule has 0 aromatic heterocycles. The van der Waals surface area contributed by atoms with E-state index in [1.54, 1.807) is 0 Å². The molecule has 1 atom stereocenters. The van der Waals surface area contributed by atoms with E-state index in [0.29, 0.717) is 23.9 Å². The number of nitrogens with one attached hydrogen (secondary N) is 2. The van der Waals surface area contributed by atoms with Crippen LogP contribution in [0.15, 0.2) is 0 Å². The van der Waals surface area contributed by atoms with E-state index < -0.39 is 0 Å². The molecule has 2 aliphatic carbocycles. The predicted octanol–water partition coefficient (Wildman–Crippen LogP) is 0.969. The number of nitrogens with zero attached hydrogens (tertiary/aromatic N) is 2. The maximum absolute atomic E-state index is 12.8. The van der Waals surface area contributed by atoms with Crippen LogP contribution < -0.4 is 10.6 Å². The van der Waals surface area contributed by atoms with E-state index in [-0.39, 0.29) is 11.8 Å². The maximum atomic E-state index is 12.8. The van der Waals surface area contributed by atoms with Gasteiger partial charge in [-0.25, -0.2) is 0 Å². The lowest BCUT2D eigenvalue weighted by Crippen LogP contribution is -2.52. The lowest BCUT2D eigenvalue weighted by atomic mass is 9.91. The first-order valence-electron chi connectivity index (χ1n) is 10.7. The highest BCUT2D eigenvalue weighted by atomic mass is 16.2. The second-order valence-corrected chi connectivity index (χ2v) is 8.87. The predicted molar refractivity (Wildman–Crippen MR) is 101 cm³/mol. The second-order valence-electron chi connectivity index (χ2n) is 8.87. The van der Waals surface area contributed by atoms with Crippen LogP contribution in [0.2, 0.25) is 0 Å². The third-order valence-electron chi connectivity index (χ3n) is 7.11. The van der Waals surface area contributed by atoms with Gasteiger partial charge >= 0.3 is 0 Å². The first-order valence-corrected chi connectivity index (χ1v) is 10.7. The molecule has 1 unspecified atom stereocenters. The van der Waals surface area contributed by atoms with Gasteiger partial charge in [0.1, 0.15) is 0 Å². The molecule has 0 aromatic carbocycles. The summed E-state index contributed by atoms with van der Waals surface area (Å²) in [5.74, 6) is 0.802. The fourth-order valence-electron chi connectivity index (χ4n) is 5.24. The van der Waals surface area contributed by atoms with E-state index in [1.165, 1.54) is 19.3 Å². The molecule has 1 spiro atoms. The molecule has 146 valence electrons. The average Bonchev–Trinajstić information content (AvgIpc) is 3.36. The molecule has 4 rings (SSSR count). The Morgan fingerprint density at radius 3 is 2.38 bits per heavy atom. The van der Waals surface area contributed by atoms with Gasteiger partial charge in [0.05, 0.1) is 6.54 Å². The van der Waals surface area contributed by atoms with Crippen LogP contribution in [0.3, 0.4) is 0 Å². The Morgan fingerprint density at radius 2 is 1.69 bits per heavy atom. The van der Waals surface area contributed by atoms with Gasteiger partial charge in [-0.2, -0.15) is 0 Å². The van der Waals surface area contributed by atoms with Gasteiger partial charge < -0.3 is 15.5 Å². The van der Waals surface area contributed by atoms with Crippen LogP contribution in [0.4, 0.5) is 0 Å². The highest BCUT2D eigenvalue weighted by molar-refractivity contribution is 5.83.